The number of aromatic amines is 1. The maximum Gasteiger partial charge on any atom is 0.347 e. The minimum absolute atomic E-state index is 0.0814. The number of phenolic OH excluding ortho intramolecular Hbond substituents is 1. The Kier molecular flexibility index (Phi) is 5.60. The summed E-state index contributed by atoms with van der Waals surface area (Å²) in [6.07, 6.45) is 3.72. The number of nitrogens with one attached hydrogen (secondary N) is 1. The Morgan fingerprint density at radius 1 is 1.11 bits per heavy atom. The van der Waals surface area contributed by atoms with E-state index in [2.05, 4.69) is 20.3 Å². The number of carboxylic acid groups (broad SMARTS) is 1. The number of fused-ring (bicyclic) bond motifs is 1. The van der Waals surface area contributed by atoms with Crippen LogP contribution in [0.1, 0.15) is 44.0 Å². The molecule has 0 amide bonds. The average Bonchev–Trinajstić information content (AvgIpc) is 3.55. The number of hydrogen-bond acceptors (Lipinski definition) is 7. The van der Waals surface area contributed by atoms with Gasteiger partial charge in [-0.25, -0.2) is 14.5 Å². The number of carboxylic acids is 1. The van der Waals surface area contributed by atoms with Crippen LogP contribution in [0.3, 0.4) is 0 Å². The molecule has 1 aliphatic rings. The summed E-state index contributed by atoms with van der Waals surface area (Å²) in [5.74, 6) is -1.19. The lowest BCUT2D eigenvalue weighted by atomic mass is 10.0. The maximum absolute atomic E-state index is 13.1. The van der Waals surface area contributed by atoms with Crippen molar-refractivity contribution in [2.24, 2.45) is 10.2 Å². The Hall–Kier alpha value is -4.05. The van der Waals surface area contributed by atoms with Gasteiger partial charge in [0.2, 0.25) is 0 Å². The van der Waals surface area contributed by atoms with Crippen LogP contribution in [0.4, 0.5) is 11.4 Å². The summed E-state index contributed by atoms with van der Waals surface area (Å²) in [6, 6.07) is 7.59. The summed E-state index contributed by atoms with van der Waals surface area (Å²) >= 11 is 0.984. The maximum atomic E-state index is 13.1. The molecule has 1 aliphatic carbocycles. The van der Waals surface area contributed by atoms with E-state index in [0.717, 1.165) is 52.9 Å². The number of aromatic nitrogens is 3. The van der Waals surface area contributed by atoms with Gasteiger partial charge in [0.1, 0.15) is 15.6 Å². The predicted molar refractivity (Wildman–Crippen MR) is 133 cm³/mol. The van der Waals surface area contributed by atoms with Crippen molar-refractivity contribution >= 4 is 28.7 Å². The number of aryl methyl sites for hydroxylation is 4. The minimum atomic E-state index is -1.07. The van der Waals surface area contributed by atoms with Crippen molar-refractivity contribution < 1.29 is 15.0 Å². The third-order valence-corrected chi connectivity index (χ3v) is 7.35. The van der Waals surface area contributed by atoms with Crippen molar-refractivity contribution in [3.8, 4) is 22.0 Å². The second-order valence-corrected chi connectivity index (χ2v) is 9.67. The molecular formula is C25H23N5O4S. The topological polar surface area (TPSA) is 133 Å². The van der Waals surface area contributed by atoms with E-state index in [0.29, 0.717) is 27.6 Å². The number of H-pyrrole nitrogens is 1. The number of azo groups is 1. The number of thiazole rings is 1. The van der Waals surface area contributed by atoms with Crippen molar-refractivity contribution in [1.82, 2.24) is 14.8 Å². The second-order valence-electron chi connectivity index (χ2n) is 8.64. The zero-order valence-electron chi connectivity index (χ0n) is 19.4. The van der Waals surface area contributed by atoms with E-state index < -0.39 is 5.97 Å². The van der Waals surface area contributed by atoms with Gasteiger partial charge in [-0.3, -0.25) is 9.89 Å². The summed E-state index contributed by atoms with van der Waals surface area (Å²) < 4.78 is 1.43. The molecule has 2 heterocycles. The van der Waals surface area contributed by atoms with Crippen molar-refractivity contribution in [3.05, 3.63) is 73.6 Å². The molecule has 5 rings (SSSR count). The van der Waals surface area contributed by atoms with Gasteiger partial charge < -0.3 is 10.2 Å². The highest BCUT2D eigenvalue weighted by atomic mass is 32.1. The third kappa shape index (κ3) is 3.95. The van der Waals surface area contributed by atoms with Crippen LogP contribution in [0.15, 0.2) is 45.5 Å². The molecule has 10 heteroatoms. The largest absolute Gasteiger partial charge is 0.505 e. The van der Waals surface area contributed by atoms with Crippen molar-refractivity contribution in [2.75, 3.05) is 0 Å². The molecule has 0 spiro atoms. The van der Waals surface area contributed by atoms with Crippen LogP contribution in [0.2, 0.25) is 0 Å². The first kappa shape index (κ1) is 22.7. The van der Waals surface area contributed by atoms with Gasteiger partial charge >= 0.3 is 5.97 Å². The zero-order valence-corrected chi connectivity index (χ0v) is 20.2. The van der Waals surface area contributed by atoms with Crippen LogP contribution in [-0.2, 0) is 12.8 Å². The van der Waals surface area contributed by atoms with Crippen molar-refractivity contribution in [2.45, 2.75) is 40.0 Å². The number of carbonyl (C=O) groups is 1. The van der Waals surface area contributed by atoms with E-state index in [-0.39, 0.29) is 21.9 Å². The number of benzene rings is 2. The number of phenols is 1. The van der Waals surface area contributed by atoms with Gasteiger partial charge in [-0.1, -0.05) is 6.07 Å². The minimum Gasteiger partial charge on any atom is -0.505 e. The lowest BCUT2D eigenvalue weighted by Crippen LogP contribution is -2.14. The summed E-state index contributed by atoms with van der Waals surface area (Å²) in [4.78, 5) is 28.7. The molecule has 35 heavy (non-hydrogen) atoms. The number of nitrogens with zero attached hydrogens (tertiary/aromatic N) is 4. The average molecular weight is 490 g/mol. The standard InChI is InChI=1S/C25H23N5O4S/c1-12-7-8-16(9-13(12)2)30-24(32)20(14(3)29-30)27-28-21-17-6-4-5-15(17)10-18(22(21)31)23-26-11-19(35-23)25(33)34/h7-11,29,31H,4-6H2,1-3H3,(H,33,34). The highest BCUT2D eigenvalue weighted by molar-refractivity contribution is 7.16. The Balaban J connectivity index is 1.58. The molecule has 0 saturated heterocycles. The number of aromatic carboxylic acids is 1. The van der Waals surface area contributed by atoms with Gasteiger partial charge in [0.25, 0.3) is 5.56 Å². The van der Waals surface area contributed by atoms with E-state index in [1.807, 2.05) is 38.1 Å². The fraction of sp³-hybridized carbons (Fsp3) is 0.240. The normalized spacial score (nSPS) is 13.0. The van der Waals surface area contributed by atoms with Gasteiger partial charge in [-0.15, -0.1) is 21.6 Å². The van der Waals surface area contributed by atoms with E-state index in [1.54, 1.807) is 6.92 Å². The molecule has 0 bridgehead atoms. The number of aromatic hydroxyl groups is 1. The second kappa shape index (κ2) is 8.62. The van der Waals surface area contributed by atoms with E-state index in [9.17, 15) is 19.8 Å². The number of rotatable bonds is 5. The lowest BCUT2D eigenvalue weighted by Gasteiger charge is -2.10. The molecular weight excluding hydrogens is 466 g/mol. The summed E-state index contributed by atoms with van der Waals surface area (Å²) in [5.41, 5.74) is 5.86. The smallest absolute Gasteiger partial charge is 0.347 e. The third-order valence-electron chi connectivity index (χ3n) is 6.33. The SMILES string of the molecule is Cc1ccc(-n2[nH]c(C)c(N=Nc3c(O)c(-c4ncc(C(=O)O)s4)cc4c3CCC4)c2=O)cc1C. The van der Waals surface area contributed by atoms with Crippen LogP contribution in [0, 0.1) is 20.8 Å². The van der Waals surface area contributed by atoms with Crippen LogP contribution < -0.4 is 5.56 Å². The molecule has 2 aromatic heterocycles. The van der Waals surface area contributed by atoms with Crippen LogP contribution in [0.5, 0.6) is 5.75 Å². The van der Waals surface area contributed by atoms with Crippen LogP contribution in [0.25, 0.3) is 16.3 Å². The van der Waals surface area contributed by atoms with Crippen molar-refractivity contribution in [1.29, 1.82) is 0 Å². The molecule has 0 aliphatic heterocycles. The van der Waals surface area contributed by atoms with Crippen LogP contribution in [-0.4, -0.2) is 30.9 Å². The van der Waals surface area contributed by atoms with Gasteiger partial charge in [-0.2, -0.15) is 0 Å². The fourth-order valence-electron chi connectivity index (χ4n) is 4.28. The highest BCUT2D eigenvalue weighted by Gasteiger charge is 2.24. The summed E-state index contributed by atoms with van der Waals surface area (Å²) in [5, 5.41) is 32.4. The summed E-state index contributed by atoms with van der Waals surface area (Å²) in [6.45, 7) is 5.74. The fourth-order valence-corrected chi connectivity index (χ4v) is 5.05. The van der Waals surface area contributed by atoms with Gasteiger partial charge in [0, 0.05) is 0 Å². The Morgan fingerprint density at radius 2 is 1.89 bits per heavy atom. The molecule has 0 unspecified atom stereocenters. The first-order chi connectivity index (χ1) is 16.7. The first-order valence-electron chi connectivity index (χ1n) is 11.1. The number of hydrogen-bond donors (Lipinski definition) is 3. The quantitative estimate of drug-likeness (QED) is 0.317. The molecule has 0 atom stereocenters. The molecule has 4 aromatic rings. The van der Waals surface area contributed by atoms with Gasteiger partial charge in [-0.05, 0) is 80.5 Å². The monoisotopic (exact) mass is 489 g/mol. The molecule has 178 valence electrons. The summed E-state index contributed by atoms with van der Waals surface area (Å²) in [7, 11) is 0. The van der Waals surface area contributed by atoms with E-state index >= 15 is 0 Å². The molecule has 9 nitrogen and oxygen atoms in total. The molecule has 0 radical (unpaired) electrons. The molecule has 0 saturated carbocycles. The zero-order chi connectivity index (χ0) is 24.9. The lowest BCUT2D eigenvalue weighted by molar-refractivity contribution is 0.0702. The van der Waals surface area contributed by atoms with E-state index in [1.165, 1.54) is 10.9 Å². The van der Waals surface area contributed by atoms with Crippen molar-refractivity contribution in [3.63, 3.8) is 0 Å². The first-order valence-corrected chi connectivity index (χ1v) is 11.9. The predicted octanol–water partition coefficient (Wildman–Crippen LogP) is 5.52. The van der Waals surface area contributed by atoms with Crippen LogP contribution >= 0.6 is 11.3 Å². The Bertz CT molecular complexity index is 1580. The highest BCUT2D eigenvalue weighted by Crippen LogP contribution is 2.46. The molecule has 3 N–H and O–H groups in total. The Labute approximate surface area is 204 Å². The van der Waals surface area contributed by atoms with Gasteiger partial charge in [0.05, 0.1) is 23.1 Å². The van der Waals surface area contributed by atoms with E-state index in [4.69, 9.17) is 0 Å². The molecule has 2 aromatic carbocycles. The van der Waals surface area contributed by atoms with Gasteiger partial charge in [0.15, 0.2) is 11.4 Å². The Morgan fingerprint density at radius 3 is 2.60 bits per heavy atom. The molecule has 0 fully saturated rings.